The van der Waals surface area contributed by atoms with Crippen molar-refractivity contribution in [1.82, 2.24) is 9.55 Å². The molecule has 0 unspecified atom stereocenters. The van der Waals surface area contributed by atoms with Crippen LogP contribution in [0.1, 0.15) is 43.4 Å². The molecule has 19 heavy (non-hydrogen) atoms. The van der Waals surface area contributed by atoms with Gasteiger partial charge in [-0.25, -0.2) is 4.98 Å². The number of hydrogen-bond acceptors (Lipinski definition) is 1. The van der Waals surface area contributed by atoms with Crippen LogP contribution < -0.4 is 0 Å². The Bertz CT molecular complexity index is 609. The second-order valence-electron chi connectivity index (χ2n) is 5.10. The van der Waals surface area contributed by atoms with Gasteiger partial charge in [0.05, 0.1) is 22.9 Å². The Balaban J connectivity index is 2.25. The Morgan fingerprint density at radius 3 is 2.58 bits per heavy atom. The molecule has 0 N–H and O–H groups in total. The number of aromatic nitrogens is 2. The Hall–Kier alpha value is -1.52. The summed E-state index contributed by atoms with van der Waals surface area (Å²) >= 11 is 0. The molecular weight excluding hydrogens is 253 g/mol. The molecule has 0 spiro atoms. The van der Waals surface area contributed by atoms with Gasteiger partial charge in [-0.15, -0.1) is 0 Å². The molecule has 0 amide bonds. The maximum absolute atomic E-state index is 13.2. The van der Waals surface area contributed by atoms with E-state index in [2.05, 4.69) is 4.98 Å². The highest BCUT2D eigenvalue weighted by Gasteiger charge is 2.35. The van der Waals surface area contributed by atoms with Gasteiger partial charge in [0.2, 0.25) is 0 Å². The van der Waals surface area contributed by atoms with Crippen LogP contribution in [0.2, 0.25) is 0 Å². The lowest BCUT2D eigenvalue weighted by Crippen LogP contribution is -2.18. The lowest BCUT2D eigenvalue weighted by Gasteiger charge is -2.28. The minimum Gasteiger partial charge on any atom is -0.327 e. The highest BCUT2D eigenvalue weighted by Crippen LogP contribution is 2.40. The number of benzene rings is 1. The van der Waals surface area contributed by atoms with Crippen LogP contribution in [0.3, 0.4) is 0 Å². The van der Waals surface area contributed by atoms with E-state index in [9.17, 15) is 13.2 Å². The fraction of sp³-hybridized carbons (Fsp3) is 0.500. The van der Waals surface area contributed by atoms with Gasteiger partial charge < -0.3 is 4.57 Å². The maximum Gasteiger partial charge on any atom is 0.418 e. The predicted octanol–water partition coefficient (Wildman–Crippen LogP) is 4.34. The average Bonchev–Trinajstić information content (AvgIpc) is 2.68. The molecule has 2 aromatic rings. The van der Waals surface area contributed by atoms with Crippen LogP contribution in [-0.2, 0) is 12.6 Å². The summed E-state index contributed by atoms with van der Waals surface area (Å²) in [7, 11) is 0. The largest absolute Gasteiger partial charge is 0.418 e. The summed E-state index contributed by atoms with van der Waals surface area (Å²) in [5.41, 5.74) is 0.831. The van der Waals surface area contributed by atoms with Crippen molar-refractivity contribution in [3.05, 3.63) is 29.6 Å². The van der Waals surface area contributed by atoms with E-state index in [0.29, 0.717) is 17.5 Å². The molecule has 2 nitrogen and oxygen atoms in total. The first-order chi connectivity index (χ1) is 9.00. The molecule has 3 rings (SSSR count). The number of hydrogen-bond donors (Lipinski definition) is 0. The van der Waals surface area contributed by atoms with Gasteiger partial charge in [0.15, 0.2) is 0 Å². The van der Waals surface area contributed by atoms with Crippen LogP contribution in [0.5, 0.6) is 0 Å². The van der Waals surface area contributed by atoms with Crippen molar-refractivity contribution < 1.29 is 13.2 Å². The molecule has 1 heterocycles. The van der Waals surface area contributed by atoms with Gasteiger partial charge in [0, 0.05) is 6.04 Å². The summed E-state index contributed by atoms with van der Waals surface area (Å²) in [4.78, 5) is 4.17. The summed E-state index contributed by atoms with van der Waals surface area (Å²) in [6, 6.07) is 3.21. The summed E-state index contributed by atoms with van der Waals surface area (Å²) < 4.78 is 41.4. The Morgan fingerprint density at radius 1 is 1.32 bits per heavy atom. The van der Waals surface area contributed by atoms with Crippen LogP contribution in [0.15, 0.2) is 18.5 Å². The van der Waals surface area contributed by atoms with Crippen molar-refractivity contribution in [2.75, 3.05) is 0 Å². The lowest BCUT2D eigenvalue weighted by atomic mass is 9.92. The predicted molar refractivity (Wildman–Crippen MR) is 67.0 cm³/mol. The molecule has 1 fully saturated rings. The van der Waals surface area contributed by atoms with Gasteiger partial charge in [0.25, 0.3) is 0 Å². The van der Waals surface area contributed by atoms with Crippen LogP contribution >= 0.6 is 0 Å². The Morgan fingerprint density at radius 2 is 2.05 bits per heavy atom. The van der Waals surface area contributed by atoms with Crippen LogP contribution in [0.25, 0.3) is 11.0 Å². The lowest BCUT2D eigenvalue weighted by molar-refractivity contribution is -0.136. The molecule has 1 saturated carbocycles. The molecule has 0 aliphatic heterocycles. The zero-order valence-electron chi connectivity index (χ0n) is 10.7. The smallest absolute Gasteiger partial charge is 0.327 e. The van der Waals surface area contributed by atoms with E-state index in [-0.39, 0.29) is 11.6 Å². The second kappa shape index (κ2) is 4.25. The van der Waals surface area contributed by atoms with E-state index in [1.54, 1.807) is 17.0 Å². The first-order valence-electron chi connectivity index (χ1n) is 6.57. The summed E-state index contributed by atoms with van der Waals surface area (Å²) in [5.74, 6) is 0. The SMILES string of the molecule is CCc1cc(C(F)(F)F)c2c(c1)ncn2C1CCC1. The third kappa shape index (κ3) is 2.01. The Labute approximate surface area is 109 Å². The summed E-state index contributed by atoms with van der Waals surface area (Å²) in [5, 5.41) is 0. The number of nitrogens with zero attached hydrogens (tertiary/aromatic N) is 2. The average molecular weight is 268 g/mol. The van der Waals surface area contributed by atoms with Crippen molar-refractivity contribution in [3.8, 4) is 0 Å². The first-order valence-corrected chi connectivity index (χ1v) is 6.57. The van der Waals surface area contributed by atoms with Crippen molar-refractivity contribution in [2.45, 2.75) is 44.8 Å². The number of alkyl halides is 3. The van der Waals surface area contributed by atoms with Gasteiger partial charge in [-0.2, -0.15) is 13.2 Å². The van der Waals surface area contributed by atoms with Crippen LogP contribution in [-0.4, -0.2) is 9.55 Å². The van der Waals surface area contributed by atoms with Crippen LogP contribution in [0.4, 0.5) is 13.2 Å². The molecule has 0 atom stereocenters. The highest BCUT2D eigenvalue weighted by atomic mass is 19.4. The van der Waals surface area contributed by atoms with Gasteiger partial charge in [-0.3, -0.25) is 0 Å². The molecule has 102 valence electrons. The molecule has 1 aliphatic rings. The van der Waals surface area contributed by atoms with Gasteiger partial charge >= 0.3 is 6.18 Å². The number of rotatable bonds is 2. The van der Waals surface area contributed by atoms with E-state index < -0.39 is 11.7 Å². The number of halogens is 3. The van der Waals surface area contributed by atoms with Crippen molar-refractivity contribution in [2.24, 2.45) is 0 Å². The van der Waals surface area contributed by atoms with E-state index >= 15 is 0 Å². The number of imidazole rings is 1. The van der Waals surface area contributed by atoms with E-state index in [0.717, 1.165) is 19.3 Å². The van der Waals surface area contributed by atoms with Crippen molar-refractivity contribution in [1.29, 1.82) is 0 Å². The van der Waals surface area contributed by atoms with Gasteiger partial charge in [-0.1, -0.05) is 6.92 Å². The molecule has 5 heteroatoms. The van der Waals surface area contributed by atoms with Gasteiger partial charge in [-0.05, 0) is 43.4 Å². The van der Waals surface area contributed by atoms with Crippen LogP contribution in [0, 0.1) is 0 Å². The standard InChI is InChI=1S/C14H15F3N2/c1-2-9-6-11(14(15,16)17)13-12(7-9)18-8-19(13)10-4-3-5-10/h6-8,10H,2-5H2,1H3. The monoisotopic (exact) mass is 268 g/mol. The molecule has 1 aromatic heterocycles. The highest BCUT2D eigenvalue weighted by molar-refractivity contribution is 5.81. The van der Waals surface area contributed by atoms with E-state index in [4.69, 9.17) is 0 Å². The molecule has 0 saturated heterocycles. The minimum absolute atomic E-state index is 0.179. The third-order valence-corrected chi connectivity index (χ3v) is 3.91. The first kappa shape index (κ1) is 12.5. The second-order valence-corrected chi connectivity index (χ2v) is 5.10. The zero-order chi connectivity index (χ0) is 13.6. The summed E-state index contributed by atoms with van der Waals surface area (Å²) in [6.45, 7) is 1.85. The van der Waals surface area contributed by atoms with Gasteiger partial charge in [0.1, 0.15) is 0 Å². The number of aryl methyl sites for hydroxylation is 1. The van der Waals surface area contributed by atoms with E-state index in [1.165, 1.54) is 6.07 Å². The number of fused-ring (bicyclic) bond motifs is 1. The third-order valence-electron chi connectivity index (χ3n) is 3.91. The zero-order valence-corrected chi connectivity index (χ0v) is 10.7. The molecule has 1 aliphatic carbocycles. The topological polar surface area (TPSA) is 17.8 Å². The molecule has 0 bridgehead atoms. The maximum atomic E-state index is 13.2. The van der Waals surface area contributed by atoms with Crippen molar-refractivity contribution >= 4 is 11.0 Å². The molecule has 0 radical (unpaired) electrons. The molecular formula is C14H15F3N2. The Kier molecular flexibility index (Phi) is 2.80. The van der Waals surface area contributed by atoms with Crippen molar-refractivity contribution in [3.63, 3.8) is 0 Å². The summed E-state index contributed by atoms with van der Waals surface area (Å²) in [6.07, 6.45) is 0.777. The fourth-order valence-corrected chi connectivity index (χ4v) is 2.59. The van der Waals surface area contributed by atoms with E-state index in [1.807, 2.05) is 6.92 Å². The minimum atomic E-state index is -4.33. The quantitative estimate of drug-likeness (QED) is 0.792. The normalized spacial score (nSPS) is 16.8. The fourth-order valence-electron chi connectivity index (χ4n) is 2.59. The molecule has 1 aromatic carbocycles.